The van der Waals surface area contributed by atoms with E-state index in [9.17, 15) is 14.7 Å². The molecule has 4 nitrogen and oxygen atoms in total. The van der Waals surface area contributed by atoms with Crippen LogP contribution in [0.1, 0.15) is 72.1 Å². The molecule has 0 aliphatic rings. The maximum Gasteiger partial charge on any atom is 0.348 e. The van der Waals surface area contributed by atoms with Crippen LogP contribution in [0.4, 0.5) is 0 Å². The van der Waals surface area contributed by atoms with Crippen LogP contribution in [0.3, 0.4) is 0 Å². The van der Waals surface area contributed by atoms with E-state index in [4.69, 9.17) is 4.74 Å². The van der Waals surface area contributed by atoms with Gasteiger partial charge in [0.1, 0.15) is 0 Å². The highest BCUT2D eigenvalue weighted by Gasteiger charge is 2.40. The summed E-state index contributed by atoms with van der Waals surface area (Å²) in [5, 5.41) is 9.38. The number of rotatable bonds is 10. The van der Waals surface area contributed by atoms with Crippen LogP contribution in [0.5, 0.6) is 0 Å². The number of hydrogen-bond acceptors (Lipinski definition) is 3. The van der Waals surface area contributed by atoms with Crippen molar-refractivity contribution in [1.82, 2.24) is 0 Å². The normalized spacial score (nSPS) is 13.9. The maximum atomic E-state index is 11.4. The van der Waals surface area contributed by atoms with Crippen LogP contribution in [0.25, 0.3) is 0 Å². The van der Waals surface area contributed by atoms with Gasteiger partial charge in [0.05, 0.1) is 0 Å². The van der Waals surface area contributed by atoms with Gasteiger partial charge >= 0.3 is 11.9 Å². The minimum absolute atomic E-state index is 0.216. The van der Waals surface area contributed by atoms with Gasteiger partial charge in [0.2, 0.25) is 5.60 Å². The summed E-state index contributed by atoms with van der Waals surface area (Å²) in [7, 11) is 0. The molecule has 0 aliphatic heterocycles. The van der Waals surface area contributed by atoms with Crippen LogP contribution in [-0.4, -0.2) is 22.6 Å². The molecule has 1 atom stereocenters. The van der Waals surface area contributed by atoms with Crippen LogP contribution in [0.2, 0.25) is 0 Å². The summed E-state index contributed by atoms with van der Waals surface area (Å²) in [6, 6.07) is 0. The topological polar surface area (TPSA) is 63.6 Å². The van der Waals surface area contributed by atoms with Gasteiger partial charge in [-0.25, -0.2) is 4.79 Å². The van der Waals surface area contributed by atoms with Crippen molar-refractivity contribution in [3.05, 3.63) is 0 Å². The van der Waals surface area contributed by atoms with Gasteiger partial charge in [-0.2, -0.15) is 0 Å². The third-order valence-electron chi connectivity index (χ3n) is 3.08. The summed E-state index contributed by atoms with van der Waals surface area (Å²) < 4.78 is 5.23. The van der Waals surface area contributed by atoms with Crippen molar-refractivity contribution in [1.29, 1.82) is 0 Å². The second-order valence-corrected chi connectivity index (χ2v) is 4.69. The molecular weight excluding hydrogens is 232 g/mol. The van der Waals surface area contributed by atoms with Gasteiger partial charge in [0.25, 0.3) is 0 Å². The lowest BCUT2D eigenvalue weighted by atomic mass is 9.91. The standard InChI is InChI=1S/C14H26O4/c1-4-7-8-9-11-14(10-5-2,13(16)17)18-12(15)6-3/h4-11H2,1-3H3,(H,16,17). The first-order valence-corrected chi connectivity index (χ1v) is 6.97. The Bertz CT molecular complexity index is 263. The van der Waals surface area contributed by atoms with Crippen molar-refractivity contribution in [2.24, 2.45) is 0 Å². The van der Waals surface area contributed by atoms with Crippen LogP contribution in [0, 0.1) is 0 Å². The molecule has 0 aromatic rings. The zero-order chi connectivity index (χ0) is 14.0. The molecule has 0 fully saturated rings. The molecule has 18 heavy (non-hydrogen) atoms. The highest BCUT2D eigenvalue weighted by Crippen LogP contribution is 2.27. The predicted molar refractivity (Wildman–Crippen MR) is 70.4 cm³/mol. The van der Waals surface area contributed by atoms with Crippen molar-refractivity contribution in [3.63, 3.8) is 0 Å². The van der Waals surface area contributed by atoms with E-state index >= 15 is 0 Å². The Morgan fingerprint density at radius 3 is 2.11 bits per heavy atom. The Morgan fingerprint density at radius 2 is 1.67 bits per heavy atom. The Morgan fingerprint density at radius 1 is 1.00 bits per heavy atom. The zero-order valence-corrected chi connectivity index (χ0v) is 11.8. The molecule has 0 rings (SSSR count). The summed E-state index contributed by atoms with van der Waals surface area (Å²) in [4.78, 5) is 22.9. The van der Waals surface area contributed by atoms with E-state index in [1.54, 1.807) is 6.92 Å². The maximum absolute atomic E-state index is 11.4. The lowest BCUT2D eigenvalue weighted by Crippen LogP contribution is -2.43. The van der Waals surface area contributed by atoms with Crippen molar-refractivity contribution in [3.8, 4) is 0 Å². The molecular formula is C14H26O4. The molecule has 0 saturated carbocycles. The summed E-state index contributed by atoms with van der Waals surface area (Å²) in [6.45, 7) is 5.69. The Kier molecular flexibility index (Phi) is 8.42. The summed E-state index contributed by atoms with van der Waals surface area (Å²) in [6.07, 6.45) is 5.68. The molecule has 1 unspecified atom stereocenters. The number of aliphatic carboxylic acids is 1. The van der Waals surface area contributed by atoms with E-state index in [0.29, 0.717) is 19.3 Å². The number of carboxylic acids is 1. The van der Waals surface area contributed by atoms with E-state index in [2.05, 4.69) is 6.92 Å². The van der Waals surface area contributed by atoms with E-state index in [-0.39, 0.29) is 6.42 Å². The quantitative estimate of drug-likeness (QED) is 0.481. The minimum atomic E-state index is -1.31. The number of esters is 1. The van der Waals surface area contributed by atoms with E-state index < -0.39 is 17.5 Å². The van der Waals surface area contributed by atoms with Crippen LogP contribution in [-0.2, 0) is 14.3 Å². The second-order valence-electron chi connectivity index (χ2n) is 4.69. The van der Waals surface area contributed by atoms with Gasteiger partial charge in [-0.1, -0.05) is 46.5 Å². The molecule has 0 saturated heterocycles. The van der Waals surface area contributed by atoms with Gasteiger partial charge in [-0.3, -0.25) is 4.79 Å². The van der Waals surface area contributed by atoms with E-state index in [1.165, 1.54) is 0 Å². The fraction of sp³-hybridized carbons (Fsp3) is 0.857. The van der Waals surface area contributed by atoms with E-state index in [1.807, 2.05) is 6.92 Å². The van der Waals surface area contributed by atoms with E-state index in [0.717, 1.165) is 25.7 Å². The third-order valence-corrected chi connectivity index (χ3v) is 3.08. The van der Waals surface area contributed by atoms with Crippen LogP contribution < -0.4 is 0 Å². The SMILES string of the molecule is CCCCCCC(CCC)(OC(=O)CC)C(=O)O. The first-order chi connectivity index (χ1) is 8.52. The Balaban J connectivity index is 4.63. The van der Waals surface area contributed by atoms with Gasteiger partial charge in [-0.15, -0.1) is 0 Å². The van der Waals surface area contributed by atoms with Crippen molar-refractivity contribution in [2.75, 3.05) is 0 Å². The monoisotopic (exact) mass is 258 g/mol. The smallest absolute Gasteiger partial charge is 0.348 e. The number of carbonyl (C=O) groups excluding carboxylic acids is 1. The van der Waals surface area contributed by atoms with Crippen LogP contribution >= 0.6 is 0 Å². The second kappa shape index (κ2) is 8.95. The first-order valence-electron chi connectivity index (χ1n) is 6.97. The number of carbonyl (C=O) groups is 2. The molecule has 0 aromatic heterocycles. The number of unbranched alkanes of at least 4 members (excludes halogenated alkanes) is 3. The summed E-state index contributed by atoms with van der Waals surface area (Å²) >= 11 is 0. The Hall–Kier alpha value is -1.06. The molecule has 0 heterocycles. The minimum Gasteiger partial charge on any atom is -0.478 e. The van der Waals surface area contributed by atoms with Gasteiger partial charge in [0.15, 0.2) is 0 Å². The third kappa shape index (κ3) is 5.52. The molecule has 0 radical (unpaired) electrons. The number of ether oxygens (including phenoxy) is 1. The molecule has 0 aromatic carbocycles. The highest BCUT2D eigenvalue weighted by atomic mass is 16.6. The Labute approximate surface area is 110 Å². The lowest BCUT2D eigenvalue weighted by molar-refractivity contribution is -0.180. The van der Waals surface area contributed by atoms with Crippen molar-refractivity contribution in [2.45, 2.75) is 77.7 Å². The molecule has 4 heteroatoms. The highest BCUT2D eigenvalue weighted by molar-refractivity contribution is 5.81. The molecule has 0 aliphatic carbocycles. The van der Waals surface area contributed by atoms with Crippen LogP contribution in [0.15, 0.2) is 0 Å². The van der Waals surface area contributed by atoms with Gasteiger partial charge in [-0.05, 0) is 19.3 Å². The van der Waals surface area contributed by atoms with Gasteiger partial charge < -0.3 is 9.84 Å². The first kappa shape index (κ1) is 16.9. The molecule has 1 N–H and O–H groups in total. The summed E-state index contributed by atoms with van der Waals surface area (Å²) in [5.41, 5.74) is -1.31. The predicted octanol–water partition coefficient (Wildman–Crippen LogP) is 3.53. The number of hydrogen-bond donors (Lipinski definition) is 1. The summed E-state index contributed by atoms with van der Waals surface area (Å²) in [5.74, 6) is -1.44. The molecule has 0 bridgehead atoms. The molecule has 0 spiro atoms. The largest absolute Gasteiger partial charge is 0.478 e. The zero-order valence-electron chi connectivity index (χ0n) is 11.8. The average molecular weight is 258 g/mol. The molecule has 106 valence electrons. The van der Waals surface area contributed by atoms with Crippen molar-refractivity contribution >= 4 is 11.9 Å². The van der Waals surface area contributed by atoms with Crippen molar-refractivity contribution < 1.29 is 19.4 Å². The van der Waals surface area contributed by atoms with Gasteiger partial charge in [0, 0.05) is 6.42 Å². The fourth-order valence-corrected chi connectivity index (χ4v) is 2.02. The fourth-order valence-electron chi connectivity index (χ4n) is 2.02. The average Bonchev–Trinajstić information content (AvgIpc) is 2.34. The lowest BCUT2D eigenvalue weighted by Gasteiger charge is -2.29. The molecule has 0 amide bonds. The number of carboxylic acid groups (broad SMARTS) is 1.